The van der Waals surface area contributed by atoms with Gasteiger partial charge in [-0.1, -0.05) is 41.9 Å². The lowest BCUT2D eigenvalue weighted by atomic mass is 10.0. The summed E-state index contributed by atoms with van der Waals surface area (Å²) in [7, 11) is 0. The van der Waals surface area contributed by atoms with E-state index in [4.69, 9.17) is 22.2 Å². The van der Waals surface area contributed by atoms with E-state index in [2.05, 4.69) is 5.32 Å². The SMILES string of the molecule is NC(=O)On1cc(CC(=O)N2C[C@@H]3C[C@@H]3[C@H]2C(=O)N[C@H](CO)c2cccc(Cl)c2F)c2ccccc21. The number of benzene rings is 2. The van der Waals surface area contributed by atoms with E-state index in [0.29, 0.717) is 23.0 Å². The molecule has 1 aliphatic carbocycles. The van der Waals surface area contributed by atoms with Crippen LogP contribution in [0, 0.1) is 17.7 Å². The van der Waals surface area contributed by atoms with E-state index >= 15 is 0 Å². The molecule has 0 unspecified atom stereocenters. The number of halogens is 2. The lowest BCUT2D eigenvalue weighted by Gasteiger charge is -2.28. The molecule has 1 saturated heterocycles. The second kappa shape index (κ2) is 9.44. The second-order valence-electron chi connectivity index (χ2n) is 9.12. The van der Waals surface area contributed by atoms with Crippen molar-refractivity contribution in [2.24, 2.45) is 17.6 Å². The summed E-state index contributed by atoms with van der Waals surface area (Å²) in [6, 6.07) is 9.74. The van der Waals surface area contributed by atoms with E-state index in [1.54, 1.807) is 24.3 Å². The van der Waals surface area contributed by atoms with Gasteiger partial charge in [0.05, 0.1) is 29.6 Å². The van der Waals surface area contributed by atoms with Crippen LogP contribution in [0.1, 0.15) is 23.6 Å². The van der Waals surface area contributed by atoms with Crippen molar-refractivity contribution in [3.8, 4) is 0 Å². The summed E-state index contributed by atoms with van der Waals surface area (Å²) in [5.74, 6) is -1.20. The third-order valence-electron chi connectivity index (χ3n) is 6.89. The topological polar surface area (TPSA) is 127 Å². The average molecular weight is 515 g/mol. The summed E-state index contributed by atoms with van der Waals surface area (Å²) in [6.07, 6.45) is 1.34. The van der Waals surface area contributed by atoms with Crippen LogP contribution in [0.2, 0.25) is 5.02 Å². The second-order valence-corrected chi connectivity index (χ2v) is 9.53. The number of hydrogen-bond acceptors (Lipinski definition) is 5. The van der Waals surface area contributed by atoms with Crippen LogP contribution < -0.4 is 15.9 Å². The standard InChI is InChI=1S/C25H24ClFN4O5/c26-18-6-3-5-16(22(18)27)19(12-32)29-24(34)23-17-8-13(17)10-30(23)21(33)9-14-11-31(36-25(28)35)20-7-2-1-4-15(14)20/h1-7,11,13,17,19,23,32H,8-10,12H2,(H2,28,35)(H,29,34)/t13-,17-,19+,23-/m0/s1. The Hall–Kier alpha value is -3.63. The first-order valence-corrected chi connectivity index (χ1v) is 11.9. The first-order valence-electron chi connectivity index (χ1n) is 11.5. The number of primary amides is 1. The molecule has 1 saturated carbocycles. The zero-order valence-electron chi connectivity index (χ0n) is 19.1. The Balaban J connectivity index is 1.35. The van der Waals surface area contributed by atoms with E-state index in [0.717, 1.165) is 6.42 Å². The summed E-state index contributed by atoms with van der Waals surface area (Å²) < 4.78 is 15.7. The van der Waals surface area contributed by atoms with Gasteiger partial charge in [0, 0.05) is 23.7 Å². The Labute approximate surface area is 210 Å². The smallest absolute Gasteiger partial charge is 0.394 e. The Morgan fingerprint density at radius 3 is 2.75 bits per heavy atom. The number of hydrogen-bond donors (Lipinski definition) is 3. The highest BCUT2D eigenvalue weighted by molar-refractivity contribution is 6.30. The zero-order chi connectivity index (χ0) is 25.6. The van der Waals surface area contributed by atoms with Crippen LogP contribution in [0.3, 0.4) is 0 Å². The molecule has 36 heavy (non-hydrogen) atoms. The molecule has 0 spiro atoms. The van der Waals surface area contributed by atoms with Crippen LogP contribution in [0.4, 0.5) is 9.18 Å². The molecule has 4 N–H and O–H groups in total. The minimum atomic E-state index is -1.00. The summed E-state index contributed by atoms with van der Waals surface area (Å²) >= 11 is 5.86. The molecular formula is C25H24ClFN4O5. The number of carbonyl (C=O) groups excluding carboxylic acids is 3. The van der Waals surface area contributed by atoms with Crippen LogP contribution in [0.15, 0.2) is 48.7 Å². The van der Waals surface area contributed by atoms with Crippen LogP contribution in [-0.2, 0) is 16.0 Å². The van der Waals surface area contributed by atoms with Gasteiger partial charge in [-0.05, 0) is 36.0 Å². The maximum Gasteiger partial charge on any atom is 0.429 e. The van der Waals surface area contributed by atoms with E-state index in [1.165, 1.54) is 34.0 Å². The van der Waals surface area contributed by atoms with Crippen LogP contribution in [0.5, 0.6) is 0 Å². The number of fused-ring (bicyclic) bond motifs is 2. The fourth-order valence-corrected chi connectivity index (χ4v) is 5.30. The van der Waals surface area contributed by atoms with Gasteiger partial charge in [0.2, 0.25) is 11.8 Å². The summed E-state index contributed by atoms with van der Waals surface area (Å²) in [5, 5.41) is 13.1. The molecule has 0 bridgehead atoms. The lowest BCUT2D eigenvalue weighted by molar-refractivity contribution is -0.139. The van der Waals surface area contributed by atoms with Crippen molar-refractivity contribution >= 4 is 40.4 Å². The van der Waals surface area contributed by atoms with Crippen molar-refractivity contribution < 1.29 is 28.7 Å². The molecule has 5 rings (SSSR count). The fraction of sp³-hybridized carbons (Fsp3) is 0.320. The molecule has 11 heteroatoms. The number of rotatable bonds is 7. The minimum absolute atomic E-state index is 0.0111. The number of amides is 3. The summed E-state index contributed by atoms with van der Waals surface area (Å²) in [4.78, 5) is 44.5. The van der Waals surface area contributed by atoms with Crippen LogP contribution in [-0.4, -0.2) is 51.8 Å². The van der Waals surface area contributed by atoms with E-state index in [1.807, 2.05) is 0 Å². The van der Waals surface area contributed by atoms with Gasteiger partial charge in [-0.15, -0.1) is 0 Å². The molecule has 9 nitrogen and oxygen atoms in total. The van der Waals surface area contributed by atoms with Gasteiger partial charge in [-0.2, -0.15) is 4.73 Å². The van der Waals surface area contributed by atoms with Crippen molar-refractivity contribution in [2.45, 2.75) is 24.9 Å². The lowest BCUT2D eigenvalue weighted by Crippen LogP contribution is -2.50. The van der Waals surface area contributed by atoms with Gasteiger partial charge in [-0.3, -0.25) is 9.59 Å². The molecule has 3 aromatic rings. The molecule has 3 amide bonds. The molecule has 0 radical (unpaired) electrons. The Morgan fingerprint density at radius 2 is 2.00 bits per heavy atom. The predicted octanol–water partition coefficient (Wildman–Crippen LogP) is 2.18. The number of nitrogens with two attached hydrogens (primary N) is 1. The van der Waals surface area contributed by atoms with Crippen molar-refractivity contribution in [1.29, 1.82) is 0 Å². The van der Waals surface area contributed by atoms with Gasteiger partial charge >= 0.3 is 6.09 Å². The highest BCUT2D eigenvalue weighted by Gasteiger charge is 2.56. The molecule has 1 aromatic heterocycles. The van der Waals surface area contributed by atoms with Gasteiger partial charge in [0.15, 0.2) is 0 Å². The van der Waals surface area contributed by atoms with E-state index in [-0.39, 0.29) is 34.7 Å². The predicted molar refractivity (Wildman–Crippen MR) is 128 cm³/mol. The average Bonchev–Trinajstić information content (AvgIpc) is 3.39. The van der Waals surface area contributed by atoms with Crippen molar-refractivity contribution in [3.05, 3.63) is 70.6 Å². The van der Waals surface area contributed by atoms with Gasteiger partial charge in [0.1, 0.15) is 11.9 Å². The third kappa shape index (κ3) is 4.38. The van der Waals surface area contributed by atoms with Gasteiger partial charge in [-0.25, -0.2) is 9.18 Å². The highest BCUT2D eigenvalue weighted by Crippen LogP contribution is 2.50. The van der Waals surface area contributed by atoms with Crippen molar-refractivity contribution in [3.63, 3.8) is 0 Å². The van der Waals surface area contributed by atoms with E-state index < -0.39 is 36.5 Å². The molecule has 188 valence electrons. The van der Waals surface area contributed by atoms with Gasteiger partial charge in [0.25, 0.3) is 0 Å². The first-order chi connectivity index (χ1) is 17.3. The highest BCUT2D eigenvalue weighted by atomic mass is 35.5. The number of likely N-dealkylation sites (tertiary alicyclic amines) is 1. The Kier molecular flexibility index (Phi) is 6.31. The molecule has 2 aliphatic rings. The molecule has 1 aliphatic heterocycles. The van der Waals surface area contributed by atoms with E-state index in [9.17, 15) is 23.9 Å². The number of para-hydroxylation sites is 1. The van der Waals surface area contributed by atoms with Gasteiger partial charge < -0.3 is 25.9 Å². The summed E-state index contributed by atoms with van der Waals surface area (Å²) in [5.41, 5.74) is 6.42. The fourth-order valence-electron chi connectivity index (χ4n) is 5.12. The summed E-state index contributed by atoms with van der Waals surface area (Å²) in [6.45, 7) is -0.0928. The molecule has 4 atom stereocenters. The number of piperidine rings is 1. The van der Waals surface area contributed by atoms with Crippen molar-refractivity contribution in [1.82, 2.24) is 14.9 Å². The maximum absolute atomic E-state index is 14.5. The third-order valence-corrected chi connectivity index (χ3v) is 7.18. The Bertz CT molecular complexity index is 1360. The van der Waals surface area contributed by atoms with Crippen LogP contribution in [0.25, 0.3) is 10.9 Å². The molecule has 2 heterocycles. The number of aliphatic hydroxyl groups is 1. The number of carbonyl (C=O) groups is 3. The quantitative estimate of drug-likeness (QED) is 0.445. The molecule has 2 fully saturated rings. The minimum Gasteiger partial charge on any atom is -0.394 e. The number of nitrogens with one attached hydrogen (secondary N) is 1. The monoisotopic (exact) mass is 514 g/mol. The maximum atomic E-state index is 14.5. The Morgan fingerprint density at radius 1 is 1.22 bits per heavy atom. The number of aliphatic hydroxyl groups excluding tert-OH is 1. The number of nitrogens with zero attached hydrogens (tertiary/aromatic N) is 2. The van der Waals surface area contributed by atoms with Crippen molar-refractivity contribution in [2.75, 3.05) is 13.2 Å². The first kappa shape index (κ1) is 24.1. The number of aromatic nitrogens is 1. The van der Waals surface area contributed by atoms with Crippen LogP contribution >= 0.6 is 11.6 Å². The molecule has 2 aromatic carbocycles. The normalized spacial score (nSPS) is 21.2. The molecular weight excluding hydrogens is 491 g/mol. The largest absolute Gasteiger partial charge is 0.429 e. The zero-order valence-corrected chi connectivity index (χ0v) is 19.8.